The maximum Gasteiger partial charge on any atom is 0.251 e. The molecular weight excluding hydrogens is 405 g/mol. The van der Waals surface area contributed by atoms with Gasteiger partial charge in [0.25, 0.3) is 5.91 Å². The van der Waals surface area contributed by atoms with E-state index in [2.05, 4.69) is 10.3 Å². The van der Waals surface area contributed by atoms with Crippen LogP contribution in [0, 0.1) is 5.82 Å². The van der Waals surface area contributed by atoms with Crippen molar-refractivity contribution in [1.29, 1.82) is 0 Å². The highest BCUT2D eigenvalue weighted by molar-refractivity contribution is 5.98. The van der Waals surface area contributed by atoms with Gasteiger partial charge in [-0.15, -0.1) is 0 Å². The van der Waals surface area contributed by atoms with Crippen LogP contribution in [0.25, 0.3) is 22.4 Å². The summed E-state index contributed by atoms with van der Waals surface area (Å²) in [5.41, 5.74) is 1.15. The molecule has 0 spiro atoms. The van der Waals surface area contributed by atoms with Crippen LogP contribution < -0.4 is 10.1 Å². The van der Waals surface area contributed by atoms with Crippen molar-refractivity contribution in [3.05, 3.63) is 35.6 Å². The van der Waals surface area contributed by atoms with Gasteiger partial charge >= 0.3 is 0 Å². The molecule has 1 saturated carbocycles. The number of hydrogen-bond donors (Lipinski definition) is 3. The second-order valence-electron chi connectivity index (χ2n) is 8.35. The molecule has 5 rings (SSSR count). The van der Waals surface area contributed by atoms with Crippen molar-refractivity contribution in [3.63, 3.8) is 0 Å². The maximum absolute atomic E-state index is 15.0. The number of phenolic OH excluding ortho intramolecular Hbond substituents is 2. The highest BCUT2D eigenvalue weighted by Gasteiger charge is 2.39. The first-order chi connectivity index (χ1) is 14.8. The first-order valence-corrected chi connectivity index (χ1v) is 10.0. The Kier molecular flexibility index (Phi) is 4.33. The number of ether oxygens (including phenoxy) is 2. The van der Waals surface area contributed by atoms with E-state index in [0.29, 0.717) is 29.8 Å². The topological polar surface area (TPSA) is 106 Å². The third-order valence-electron chi connectivity index (χ3n) is 5.83. The van der Waals surface area contributed by atoms with E-state index in [1.54, 1.807) is 18.2 Å². The zero-order valence-corrected chi connectivity index (χ0v) is 17.1. The van der Waals surface area contributed by atoms with E-state index >= 15 is 4.39 Å². The number of nitrogens with one attached hydrogen (secondary N) is 1. The van der Waals surface area contributed by atoms with E-state index < -0.39 is 22.9 Å². The molecule has 0 bridgehead atoms. The number of benzene rings is 2. The lowest BCUT2D eigenvalue weighted by molar-refractivity contribution is -0.0868. The fourth-order valence-corrected chi connectivity index (χ4v) is 3.90. The van der Waals surface area contributed by atoms with Crippen molar-refractivity contribution in [2.45, 2.75) is 31.3 Å². The third kappa shape index (κ3) is 3.07. The van der Waals surface area contributed by atoms with Crippen molar-refractivity contribution < 1.29 is 28.9 Å². The highest BCUT2D eigenvalue weighted by Crippen LogP contribution is 2.44. The predicted molar refractivity (Wildman–Crippen MR) is 110 cm³/mol. The molecule has 1 aliphatic carbocycles. The molecule has 2 aliphatic rings. The van der Waals surface area contributed by atoms with Crippen LogP contribution in [0.5, 0.6) is 17.2 Å². The molecule has 9 heteroatoms. The maximum atomic E-state index is 15.0. The molecule has 1 aliphatic heterocycles. The summed E-state index contributed by atoms with van der Waals surface area (Å²) in [5, 5.41) is 23.0. The molecule has 0 atom stereocenters. The SMILES string of the molecule is COc1cc(-c2nc3ccc(C(=O)NC4CC4)cc3n2C2(C)COC2)c(F)c(O)c1O. The fourth-order valence-electron chi connectivity index (χ4n) is 3.90. The van der Waals surface area contributed by atoms with Crippen LogP contribution in [-0.4, -0.2) is 52.0 Å². The quantitative estimate of drug-likeness (QED) is 0.541. The molecule has 2 heterocycles. The van der Waals surface area contributed by atoms with Gasteiger partial charge in [0.05, 0.1) is 42.5 Å². The van der Waals surface area contributed by atoms with E-state index in [1.165, 1.54) is 13.2 Å². The van der Waals surface area contributed by atoms with E-state index in [-0.39, 0.29) is 29.1 Å². The molecule has 3 aromatic rings. The van der Waals surface area contributed by atoms with Crippen LogP contribution in [0.1, 0.15) is 30.1 Å². The first-order valence-electron chi connectivity index (χ1n) is 10.0. The van der Waals surface area contributed by atoms with Crippen LogP contribution in [-0.2, 0) is 10.3 Å². The molecule has 1 saturated heterocycles. The number of aromatic hydroxyl groups is 2. The molecule has 2 aromatic carbocycles. The van der Waals surface area contributed by atoms with E-state index in [1.807, 2.05) is 11.5 Å². The van der Waals surface area contributed by atoms with E-state index in [9.17, 15) is 15.0 Å². The monoisotopic (exact) mass is 427 g/mol. The van der Waals surface area contributed by atoms with Crippen LogP contribution >= 0.6 is 0 Å². The first kappa shape index (κ1) is 19.6. The number of amides is 1. The molecule has 2 fully saturated rings. The van der Waals surface area contributed by atoms with Crippen LogP contribution in [0.2, 0.25) is 0 Å². The van der Waals surface area contributed by atoms with Crippen molar-refractivity contribution in [3.8, 4) is 28.6 Å². The summed E-state index contributed by atoms with van der Waals surface area (Å²) in [7, 11) is 1.31. The third-order valence-corrected chi connectivity index (χ3v) is 5.83. The van der Waals surface area contributed by atoms with Gasteiger partial charge in [0, 0.05) is 11.6 Å². The van der Waals surface area contributed by atoms with Gasteiger partial charge in [-0.05, 0) is 44.0 Å². The number of methoxy groups -OCH3 is 1. The Bertz CT molecular complexity index is 1210. The normalized spacial score (nSPS) is 17.4. The summed E-state index contributed by atoms with van der Waals surface area (Å²) in [4.78, 5) is 17.2. The van der Waals surface area contributed by atoms with Gasteiger partial charge in [0.15, 0.2) is 17.3 Å². The summed E-state index contributed by atoms with van der Waals surface area (Å²) in [5.74, 6) is -2.59. The number of halogens is 1. The van der Waals surface area contributed by atoms with Gasteiger partial charge in [0.2, 0.25) is 5.75 Å². The van der Waals surface area contributed by atoms with Crippen molar-refractivity contribution in [2.24, 2.45) is 0 Å². The van der Waals surface area contributed by atoms with Crippen molar-refractivity contribution >= 4 is 16.9 Å². The second-order valence-corrected chi connectivity index (χ2v) is 8.35. The number of aromatic nitrogens is 2. The lowest BCUT2D eigenvalue weighted by Gasteiger charge is -2.40. The predicted octanol–water partition coefficient (Wildman–Crippen LogP) is 2.90. The number of phenols is 2. The number of imidazole rings is 1. The van der Waals surface area contributed by atoms with E-state index in [4.69, 9.17) is 9.47 Å². The Balaban J connectivity index is 1.73. The fraction of sp³-hybridized carbons (Fsp3) is 0.364. The molecule has 0 unspecified atom stereocenters. The zero-order chi connectivity index (χ0) is 21.9. The van der Waals surface area contributed by atoms with Crippen LogP contribution in [0.4, 0.5) is 4.39 Å². The average Bonchev–Trinajstić information content (AvgIpc) is 3.47. The van der Waals surface area contributed by atoms with Crippen LogP contribution in [0.3, 0.4) is 0 Å². The minimum atomic E-state index is -1.01. The zero-order valence-electron chi connectivity index (χ0n) is 17.1. The van der Waals surface area contributed by atoms with Crippen molar-refractivity contribution in [2.75, 3.05) is 20.3 Å². The number of fused-ring (bicyclic) bond motifs is 1. The molecule has 8 nitrogen and oxygen atoms in total. The van der Waals surface area contributed by atoms with E-state index in [0.717, 1.165) is 12.8 Å². The molecule has 3 N–H and O–H groups in total. The number of rotatable bonds is 5. The van der Waals surface area contributed by atoms with Gasteiger partial charge in [-0.1, -0.05) is 0 Å². The lowest BCUT2D eigenvalue weighted by atomic mass is 9.98. The second kappa shape index (κ2) is 6.84. The molecular formula is C22H22FN3O5. The van der Waals surface area contributed by atoms with Gasteiger partial charge in [0.1, 0.15) is 5.82 Å². The van der Waals surface area contributed by atoms with Crippen LogP contribution in [0.15, 0.2) is 24.3 Å². The van der Waals surface area contributed by atoms with Gasteiger partial charge in [-0.25, -0.2) is 9.37 Å². The number of nitrogens with zero attached hydrogens (tertiary/aromatic N) is 2. The Hall–Kier alpha value is -3.33. The lowest BCUT2D eigenvalue weighted by Crippen LogP contribution is -2.49. The molecule has 1 aromatic heterocycles. The number of carbonyl (C=O) groups is 1. The molecule has 0 radical (unpaired) electrons. The summed E-state index contributed by atoms with van der Waals surface area (Å²) in [6.45, 7) is 2.72. The van der Waals surface area contributed by atoms with Gasteiger partial charge in [-0.3, -0.25) is 4.79 Å². The molecule has 162 valence electrons. The average molecular weight is 427 g/mol. The minimum absolute atomic E-state index is 0.0274. The summed E-state index contributed by atoms with van der Waals surface area (Å²) >= 11 is 0. The Morgan fingerprint density at radius 3 is 2.65 bits per heavy atom. The Morgan fingerprint density at radius 1 is 1.29 bits per heavy atom. The smallest absolute Gasteiger partial charge is 0.251 e. The van der Waals surface area contributed by atoms with Gasteiger partial charge < -0.3 is 29.6 Å². The standard InChI is InChI=1S/C22H22FN3O5/c1-22(9-31-10-22)26-15-7-11(21(29)24-12-4-5-12)3-6-14(15)25-20(26)13-8-16(30-2)18(27)19(28)17(13)23/h3,6-8,12,27-28H,4-5,9-10H2,1-2H3,(H,24,29). The highest BCUT2D eigenvalue weighted by atomic mass is 19.1. The number of carbonyl (C=O) groups excluding carboxylic acids is 1. The minimum Gasteiger partial charge on any atom is -0.502 e. The largest absolute Gasteiger partial charge is 0.502 e. The molecule has 1 amide bonds. The van der Waals surface area contributed by atoms with Crippen molar-refractivity contribution in [1.82, 2.24) is 14.9 Å². The summed E-state index contributed by atoms with van der Waals surface area (Å²) < 4.78 is 27.4. The summed E-state index contributed by atoms with van der Waals surface area (Å²) in [6.07, 6.45) is 1.97. The summed E-state index contributed by atoms with van der Waals surface area (Å²) in [6, 6.07) is 6.66. The Morgan fingerprint density at radius 2 is 2.03 bits per heavy atom. The van der Waals surface area contributed by atoms with Gasteiger partial charge in [-0.2, -0.15) is 0 Å². The Labute approximate surface area is 177 Å². The molecule has 31 heavy (non-hydrogen) atoms. The number of hydrogen-bond acceptors (Lipinski definition) is 6.